The molecule has 0 unspecified atom stereocenters. The SMILES string of the molecule is CCCCCCCCCCCCCC(N)=O.CNC.Cl. The zero-order valence-electron chi connectivity index (χ0n) is 13.9. The Morgan fingerprint density at radius 2 is 1.10 bits per heavy atom. The number of nitrogens with two attached hydrogens (primary N) is 1. The number of carbonyl (C=O) groups excluding carboxylic acids is 1. The van der Waals surface area contributed by atoms with Gasteiger partial charge in [-0.05, 0) is 20.5 Å². The van der Waals surface area contributed by atoms with Crippen LogP contribution in [0, 0.1) is 0 Å². The van der Waals surface area contributed by atoms with Gasteiger partial charge in [0.15, 0.2) is 0 Å². The highest BCUT2D eigenvalue weighted by molar-refractivity contribution is 5.85. The minimum atomic E-state index is -0.157. The Balaban J connectivity index is -0.000000657. The van der Waals surface area contributed by atoms with Gasteiger partial charge in [0.1, 0.15) is 0 Å². The lowest BCUT2D eigenvalue weighted by atomic mass is 10.1. The van der Waals surface area contributed by atoms with Gasteiger partial charge in [0.05, 0.1) is 0 Å². The first-order valence-electron chi connectivity index (χ1n) is 8.05. The third kappa shape index (κ3) is 30.6. The summed E-state index contributed by atoms with van der Waals surface area (Å²) >= 11 is 0. The first kappa shape index (κ1) is 24.7. The Morgan fingerprint density at radius 3 is 1.40 bits per heavy atom. The van der Waals surface area contributed by atoms with E-state index in [2.05, 4.69) is 12.2 Å². The van der Waals surface area contributed by atoms with Crippen LogP contribution in [0.25, 0.3) is 0 Å². The number of rotatable bonds is 12. The van der Waals surface area contributed by atoms with Crippen molar-refractivity contribution < 1.29 is 4.79 Å². The van der Waals surface area contributed by atoms with E-state index in [0.717, 1.165) is 6.42 Å². The summed E-state index contributed by atoms with van der Waals surface area (Å²) in [6.07, 6.45) is 15.0. The lowest BCUT2D eigenvalue weighted by Gasteiger charge is -2.01. The van der Waals surface area contributed by atoms with E-state index >= 15 is 0 Å². The lowest BCUT2D eigenvalue weighted by molar-refractivity contribution is -0.118. The Labute approximate surface area is 132 Å². The lowest BCUT2D eigenvalue weighted by Crippen LogP contribution is -2.09. The van der Waals surface area contributed by atoms with Crippen LogP contribution in [-0.4, -0.2) is 20.0 Å². The molecular formula is C16H37ClN2O. The maximum absolute atomic E-state index is 10.5. The summed E-state index contributed by atoms with van der Waals surface area (Å²) in [4.78, 5) is 10.5. The van der Waals surface area contributed by atoms with E-state index in [1.807, 2.05) is 14.1 Å². The molecule has 1 amide bonds. The second-order valence-corrected chi connectivity index (χ2v) is 5.25. The van der Waals surface area contributed by atoms with Crippen LogP contribution in [0.4, 0.5) is 0 Å². The molecule has 0 bridgehead atoms. The quantitative estimate of drug-likeness (QED) is 0.524. The first-order chi connectivity index (χ1) is 9.18. The summed E-state index contributed by atoms with van der Waals surface area (Å²) in [6.45, 7) is 2.26. The van der Waals surface area contributed by atoms with Crippen molar-refractivity contribution in [1.82, 2.24) is 5.32 Å². The summed E-state index contributed by atoms with van der Waals surface area (Å²) in [5.41, 5.74) is 5.07. The number of primary amides is 1. The van der Waals surface area contributed by atoms with Crippen LogP contribution in [0.3, 0.4) is 0 Å². The molecule has 0 aromatic carbocycles. The fourth-order valence-electron chi connectivity index (χ4n) is 1.96. The van der Waals surface area contributed by atoms with Crippen LogP contribution in [0.15, 0.2) is 0 Å². The molecular weight excluding hydrogens is 272 g/mol. The van der Waals surface area contributed by atoms with Gasteiger partial charge < -0.3 is 11.1 Å². The smallest absolute Gasteiger partial charge is 0.217 e. The van der Waals surface area contributed by atoms with E-state index in [1.54, 1.807) is 0 Å². The third-order valence-corrected chi connectivity index (χ3v) is 3.03. The molecule has 0 fully saturated rings. The molecule has 20 heavy (non-hydrogen) atoms. The Kier molecular flexibility index (Phi) is 29.4. The molecule has 0 radical (unpaired) electrons. The van der Waals surface area contributed by atoms with Gasteiger partial charge in [-0.15, -0.1) is 12.4 Å². The molecule has 0 atom stereocenters. The van der Waals surface area contributed by atoms with Gasteiger partial charge in [0.2, 0.25) is 5.91 Å². The van der Waals surface area contributed by atoms with Gasteiger partial charge in [-0.25, -0.2) is 0 Å². The predicted octanol–water partition coefficient (Wildman–Crippen LogP) is 4.43. The van der Waals surface area contributed by atoms with Crippen molar-refractivity contribution in [3.8, 4) is 0 Å². The zero-order valence-corrected chi connectivity index (χ0v) is 14.7. The standard InChI is InChI=1S/C14H29NO.C2H7N.ClH/c1-2-3-4-5-6-7-8-9-10-11-12-13-14(15)16;1-3-2;/h2-13H2,1H3,(H2,15,16);3H,1-2H3;1H. The summed E-state index contributed by atoms with van der Waals surface area (Å²) < 4.78 is 0. The Hall–Kier alpha value is -0.280. The van der Waals surface area contributed by atoms with Crippen molar-refractivity contribution in [2.75, 3.05) is 14.1 Å². The van der Waals surface area contributed by atoms with Gasteiger partial charge >= 0.3 is 0 Å². The summed E-state index contributed by atoms with van der Waals surface area (Å²) in [5, 5.41) is 2.75. The van der Waals surface area contributed by atoms with E-state index in [0.29, 0.717) is 6.42 Å². The van der Waals surface area contributed by atoms with Crippen molar-refractivity contribution >= 4 is 18.3 Å². The molecule has 3 nitrogen and oxygen atoms in total. The topological polar surface area (TPSA) is 55.1 Å². The van der Waals surface area contributed by atoms with Crippen LogP contribution in [0.5, 0.6) is 0 Å². The Morgan fingerprint density at radius 1 is 0.800 bits per heavy atom. The number of halogens is 1. The zero-order chi connectivity index (χ0) is 14.8. The number of unbranched alkanes of at least 4 members (excludes halogenated alkanes) is 10. The molecule has 3 N–H and O–H groups in total. The van der Waals surface area contributed by atoms with Crippen LogP contribution in [-0.2, 0) is 4.79 Å². The second-order valence-electron chi connectivity index (χ2n) is 5.25. The van der Waals surface area contributed by atoms with E-state index in [1.165, 1.54) is 64.2 Å². The van der Waals surface area contributed by atoms with Crippen LogP contribution in [0.1, 0.15) is 84.0 Å². The number of carbonyl (C=O) groups is 1. The minimum Gasteiger partial charge on any atom is -0.370 e. The van der Waals surface area contributed by atoms with Crippen LogP contribution < -0.4 is 11.1 Å². The molecule has 4 heteroatoms. The minimum absolute atomic E-state index is 0. The highest BCUT2D eigenvalue weighted by Gasteiger charge is 1.95. The highest BCUT2D eigenvalue weighted by atomic mass is 35.5. The molecule has 0 aromatic heterocycles. The van der Waals surface area contributed by atoms with Crippen LogP contribution in [0.2, 0.25) is 0 Å². The summed E-state index contributed by atoms with van der Waals surface area (Å²) in [6, 6.07) is 0. The van der Waals surface area contributed by atoms with Gasteiger partial charge in [0.25, 0.3) is 0 Å². The fourth-order valence-corrected chi connectivity index (χ4v) is 1.96. The molecule has 0 spiro atoms. The predicted molar refractivity (Wildman–Crippen MR) is 92.5 cm³/mol. The van der Waals surface area contributed by atoms with E-state index in [-0.39, 0.29) is 18.3 Å². The maximum Gasteiger partial charge on any atom is 0.217 e. The normalized spacial score (nSPS) is 9.35. The largest absolute Gasteiger partial charge is 0.370 e. The summed E-state index contributed by atoms with van der Waals surface area (Å²) in [5.74, 6) is -0.157. The van der Waals surface area contributed by atoms with Crippen LogP contribution >= 0.6 is 12.4 Å². The van der Waals surface area contributed by atoms with E-state index in [4.69, 9.17) is 5.73 Å². The number of amides is 1. The van der Waals surface area contributed by atoms with Crippen molar-refractivity contribution in [3.05, 3.63) is 0 Å². The Bertz CT molecular complexity index is 178. The van der Waals surface area contributed by atoms with Crippen molar-refractivity contribution in [3.63, 3.8) is 0 Å². The molecule has 0 saturated heterocycles. The average molecular weight is 309 g/mol. The number of nitrogens with one attached hydrogen (secondary N) is 1. The van der Waals surface area contributed by atoms with Crippen molar-refractivity contribution in [2.45, 2.75) is 84.0 Å². The van der Waals surface area contributed by atoms with Gasteiger partial charge in [-0.3, -0.25) is 4.79 Å². The molecule has 0 rings (SSSR count). The van der Waals surface area contributed by atoms with Gasteiger partial charge in [-0.1, -0.05) is 71.1 Å². The molecule has 0 aliphatic heterocycles. The average Bonchev–Trinajstić information content (AvgIpc) is 2.36. The monoisotopic (exact) mass is 308 g/mol. The van der Waals surface area contributed by atoms with E-state index in [9.17, 15) is 4.79 Å². The summed E-state index contributed by atoms with van der Waals surface area (Å²) in [7, 11) is 3.75. The molecule has 0 saturated carbocycles. The number of hydrogen-bond donors (Lipinski definition) is 2. The molecule has 0 aliphatic rings. The van der Waals surface area contributed by atoms with Crippen molar-refractivity contribution in [1.29, 1.82) is 0 Å². The fraction of sp³-hybridized carbons (Fsp3) is 0.938. The highest BCUT2D eigenvalue weighted by Crippen LogP contribution is 2.11. The molecule has 124 valence electrons. The van der Waals surface area contributed by atoms with Crippen molar-refractivity contribution in [2.24, 2.45) is 5.73 Å². The first-order valence-corrected chi connectivity index (χ1v) is 8.05. The third-order valence-electron chi connectivity index (χ3n) is 3.03. The molecule has 0 heterocycles. The van der Waals surface area contributed by atoms with Gasteiger partial charge in [0, 0.05) is 6.42 Å². The molecule has 0 aromatic rings. The number of hydrogen-bond acceptors (Lipinski definition) is 2. The van der Waals surface area contributed by atoms with Gasteiger partial charge in [-0.2, -0.15) is 0 Å². The maximum atomic E-state index is 10.5. The van der Waals surface area contributed by atoms with E-state index < -0.39 is 0 Å². The molecule has 0 aliphatic carbocycles. The second kappa shape index (κ2) is 23.8.